The van der Waals surface area contributed by atoms with E-state index in [-0.39, 0.29) is 0 Å². The van der Waals surface area contributed by atoms with Crippen LogP contribution in [0.1, 0.15) is 32.6 Å². The van der Waals surface area contributed by atoms with Crippen molar-refractivity contribution in [2.45, 2.75) is 44.2 Å². The monoisotopic (exact) mass is 169 g/mol. The molecule has 1 saturated heterocycles. The zero-order chi connectivity index (χ0) is 8.60. The first-order chi connectivity index (χ1) is 5.73. The Hall–Kier alpha value is -0.0800. The molecule has 1 aliphatic carbocycles. The molecule has 0 radical (unpaired) electrons. The van der Waals surface area contributed by atoms with Crippen molar-refractivity contribution in [3.8, 4) is 0 Å². The van der Waals surface area contributed by atoms with Crippen molar-refractivity contribution < 1.29 is 4.74 Å². The summed E-state index contributed by atoms with van der Waals surface area (Å²) in [6, 6.07) is 0. The van der Waals surface area contributed by atoms with Crippen molar-refractivity contribution in [1.29, 1.82) is 0 Å². The van der Waals surface area contributed by atoms with Gasteiger partial charge in [0.05, 0.1) is 6.10 Å². The molecule has 0 amide bonds. The molecule has 1 aliphatic heterocycles. The number of rotatable bonds is 0. The SMILES string of the molecule is CN1CCCO[C@H]2CCC[C@@]21C. The summed E-state index contributed by atoms with van der Waals surface area (Å²) >= 11 is 0. The zero-order valence-corrected chi connectivity index (χ0v) is 8.18. The van der Waals surface area contributed by atoms with Gasteiger partial charge in [-0.2, -0.15) is 0 Å². The fourth-order valence-corrected chi connectivity index (χ4v) is 2.60. The first kappa shape index (κ1) is 8.52. The molecule has 0 aromatic carbocycles. The fraction of sp³-hybridized carbons (Fsp3) is 1.00. The second kappa shape index (κ2) is 3.00. The van der Waals surface area contributed by atoms with Crippen molar-refractivity contribution >= 4 is 0 Å². The normalized spacial score (nSPS) is 44.0. The van der Waals surface area contributed by atoms with E-state index < -0.39 is 0 Å². The lowest BCUT2D eigenvalue weighted by Crippen LogP contribution is -2.48. The van der Waals surface area contributed by atoms with E-state index in [0.717, 1.165) is 6.61 Å². The molecule has 2 rings (SSSR count). The molecule has 1 heterocycles. The predicted octanol–water partition coefficient (Wildman–Crippen LogP) is 1.65. The van der Waals surface area contributed by atoms with Crippen LogP contribution in [0.5, 0.6) is 0 Å². The highest BCUT2D eigenvalue weighted by Crippen LogP contribution is 2.37. The molecule has 0 aromatic heterocycles. The standard InChI is InChI=1S/C10H19NO/c1-10-6-3-5-9(10)12-8-4-7-11(10)2/h9H,3-8H2,1-2H3/t9-,10-/m0/s1. The molecule has 0 spiro atoms. The van der Waals surface area contributed by atoms with Crippen LogP contribution in [0.25, 0.3) is 0 Å². The lowest BCUT2D eigenvalue weighted by Gasteiger charge is -2.37. The molecule has 12 heavy (non-hydrogen) atoms. The van der Waals surface area contributed by atoms with Gasteiger partial charge in [-0.15, -0.1) is 0 Å². The van der Waals surface area contributed by atoms with Gasteiger partial charge in [-0.05, 0) is 39.7 Å². The van der Waals surface area contributed by atoms with Crippen LogP contribution in [-0.2, 0) is 4.74 Å². The average Bonchev–Trinajstić information content (AvgIpc) is 2.37. The third-order valence-electron chi connectivity index (χ3n) is 3.67. The van der Waals surface area contributed by atoms with Gasteiger partial charge >= 0.3 is 0 Å². The fourth-order valence-electron chi connectivity index (χ4n) is 2.60. The molecule has 0 N–H and O–H groups in total. The molecule has 2 fully saturated rings. The molecule has 0 aromatic rings. The Bertz CT molecular complexity index is 171. The van der Waals surface area contributed by atoms with E-state index in [1.165, 1.54) is 32.2 Å². The molecule has 2 heteroatoms. The van der Waals surface area contributed by atoms with E-state index in [1.54, 1.807) is 0 Å². The summed E-state index contributed by atoms with van der Waals surface area (Å²) in [6.07, 6.45) is 5.62. The van der Waals surface area contributed by atoms with Crippen LogP contribution in [0.15, 0.2) is 0 Å². The van der Waals surface area contributed by atoms with E-state index in [2.05, 4.69) is 18.9 Å². The van der Waals surface area contributed by atoms with Crippen LogP contribution in [0.4, 0.5) is 0 Å². The van der Waals surface area contributed by atoms with Crippen molar-refractivity contribution in [3.63, 3.8) is 0 Å². The van der Waals surface area contributed by atoms with Gasteiger partial charge in [0.15, 0.2) is 0 Å². The number of hydrogen-bond acceptors (Lipinski definition) is 2. The van der Waals surface area contributed by atoms with E-state index in [4.69, 9.17) is 4.74 Å². The average molecular weight is 169 g/mol. The Morgan fingerprint density at radius 1 is 1.42 bits per heavy atom. The maximum Gasteiger partial charge on any atom is 0.0755 e. The van der Waals surface area contributed by atoms with Crippen LogP contribution >= 0.6 is 0 Å². The third kappa shape index (κ3) is 1.17. The second-order valence-corrected chi connectivity index (χ2v) is 4.38. The van der Waals surface area contributed by atoms with Gasteiger partial charge in [-0.3, -0.25) is 4.90 Å². The number of hydrogen-bond donors (Lipinski definition) is 0. The predicted molar refractivity (Wildman–Crippen MR) is 49.2 cm³/mol. The second-order valence-electron chi connectivity index (χ2n) is 4.38. The zero-order valence-electron chi connectivity index (χ0n) is 8.18. The van der Waals surface area contributed by atoms with Gasteiger partial charge in [0.2, 0.25) is 0 Å². The van der Waals surface area contributed by atoms with Gasteiger partial charge in [-0.1, -0.05) is 0 Å². The maximum atomic E-state index is 5.86. The first-order valence-corrected chi connectivity index (χ1v) is 5.06. The summed E-state index contributed by atoms with van der Waals surface area (Å²) in [5.41, 5.74) is 0.344. The van der Waals surface area contributed by atoms with E-state index >= 15 is 0 Å². The minimum atomic E-state index is 0.344. The Labute approximate surface area is 74.9 Å². The first-order valence-electron chi connectivity index (χ1n) is 5.06. The summed E-state index contributed by atoms with van der Waals surface area (Å²) in [6.45, 7) is 4.52. The summed E-state index contributed by atoms with van der Waals surface area (Å²) < 4.78 is 5.86. The minimum Gasteiger partial charge on any atom is -0.376 e. The maximum absolute atomic E-state index is 5.86. The Morgan fingerprint density at radius 3 is 3.08 bits per heavy atom. The molecule has 70 valence electrons. The quantitative estimate of drug-likeness (QED) is 0.546. The molecule has 1 saturated carbocycles. The topological polar surface area (TPSA) is 12.5 Å². The number of ether oxygens (including phenoxy) is 1. The Morgan fingerprint density at radius 2 is 2.25 bits per heavy atom. The molecule has 0 bridgehead atoms. The summed E-state index contributed by atoms with van der Waals surface area (Å²) in [5, 5.41) is 0. The highest BCUT2D eigenvalue weighted by molar-refractivity contribution is 4.98. The summed E-state index contributed by atoms with van der Waals surface area (Å²) in [7, 11) is 2.24. The number of fused-ring (bicyclic) bond motifs is 1. The van der Waals surface area contributed by atoms with Gasteiger partial charge in [0.25, 0.3) is 0 Å². The van der Waals surface area contributed by atoms with Gasteiger partial charge in [0.1, 0.15) is 0 Å². The molecule has 2 nitrogen and oxygen atoms in total. The van der Waals surface area contributed by atoms with E-state index in [0.29, 0.717) is 11.6 Å². The number of nitrogens with zero attached hydrogens (tertiary/aromatic N) is 1. The van der Waals surface area contributed by atoms with E-state index in [1.807, 2.05) is 0 Å². The third-order valence-corrected chi connectivity index (χ3v) is 3.67. The van der Waals surface area contributed by atoms with Crippen LogP contribution in [0, 0.1) is 0 Å². The van der Waals surface area contributed by atoms with Crippen LogP contribution < -0.4 is 0 Å². The molecule has 2 aliphatic rings. The van der Waals surface area contributed by atoms with Crippen molar-refractivity contribution in [2.24, 2.45) is 0 Å². The molecule has 0 unspecified atom stereocenters. The largest absolute Gasteiger partial charge is 0.376 e. The molecular formula is C10H19NO. The van der Waals surface area contributed by atoms with Crippen molar-refractivity contribution in [3.05, 3.63) is 0 Å². The van der Waals surface area contributed by atoms with Crippen LogP contribution in [0.2, 0.25) is 0 Å². The van der Waals surface area contributed by atoms with Crippen molar-refractivity contribution in [1.82, 2.24) is 4.90 Å². The smallest absolute Gasteiger partial charge is 0.0755 e. The molecule has 2 atom stereocenters. The Balaban J connectivity index is 2.17. The van der Waals surface area contributed by atoms with Gasteiger partial charge in [-0.25, -0.2) is 0 Å². The molecular weight excluding hydrogens is 150 g/mol. The van der Waals surface area contributed by atoms with Crippen LogP contribution in [-0.4, -0.2) is 36.7 Å². The van der Waals surface area contributed by atoms with Gasteiger partial charge < -0.3 is 4.74 Å². The highest BCUT2D eigenvalue weighted by Gasteiger charge is 2.43. The lowest BCUT2D eigenvalue weighted by atomic mass is 9.96. The lowest BCUT2D eigenvalue weighted by molar-refractivity contribution is -0.00791. The number of likely N-dealkylation sites (N-methyl/N-ethyl adjacent to an activating group) is 1. The minimum absolute atomic E-state index is 0.344. The van der Waals surface area contributed by atoms with Gasteiger partial charge in [0, 0.05) is 18.7 Å². The Kier molecular flexibility index (Phi) is 2.13. The van der Waals surface area contributed by atoms with E-state index in [9.17, 15) is 0 Å². The highest BCUT2D eigenvalue weighted by atomic mass is 16.5. The van der Waals surface area contributed by atoms with Crippen LogP contribution in [0.3, 0.4) is 0 Å². The summed E-state index contributed by atoms with van der Waals surface area (Å²) in [4.78, 5) is 2.50. The summed E-state index contributed by atoms with van der Waals surface area (Å²) in [5.74, 6) is 0. The van der Waals surface area contributed by atoms with Crippen molar-refractivity contribution in [2.75, 3.05) is 20.2 Å².